The predicted molar refractivity (Wildman–Crippen MR) is 54.3 cm³/mol. The van der Waals surface area contributed by atoms with Crippen LogP contribution in [0.5, 0.6) is 0 Å². The minimum atomic E-state index is -0.349. The lowest BCUT2D eigenvalue weighted by molar-refractivity contribution is 0.126. The van der Waals surface area contributed by atoms with Crippen LogP contribution in [-0.4, -0.2) is 35.9 Å². The lowest BCUT2D eigenvalue weighted by atomic mass is 10.1. The fraction of sp³-hybridized carbons (Fsp3) is 0.364. The van der Waals surface area contributed by atoms with Crippen molar-refractivity contribution in [3.8, 4) is 0 Å². The van der Waals surface area contributed by atoms with E-state index in [4.69, 9.17) is 4.74 Å². The molecule has 1 aliphatic rings. The monoisotopic (exact) mass is 207 g/mol. The van der Waals surface area contributed by atoms with E-state index in [1.54, 1.807) is 4.90 Å². The van der Waals surface area contributed by atoms with Crippen LogP contribution in [-0.2, 0) is 4.74 Å². The molecule has 1 aromatic rings. The molecule has 2 rings (SSSR count). The Morgan fingerprint density at radius 1 is 1.40 bits per heavy atom. The predicted octanol–water partition coefficient (Wildman–Crippen LogP) is 1.17. The summed E-state index contributed by atoms with van der Waals surface area (Å²) in [4.78, 5) is 12.9. The third-order valence-electron chi connectivity index (χ3n) is 2.53. The van der Waals surface area contributed by atoms with E-state index >= 15 is 0 Å². The van der Waals surface area contributed by atoms with Gasteiger partial charge in [-0.25, -0.2) is 4.79 Å². The second-order valence-corrected chi connectivity index (χ2v) is 3.42. The summed E-state index contributed by atoms with van der Waals surface area (Å²) in [5, 5.41) is 9.31. The summed E-state index contributed by atoms with van der Waals surface area (Å²) in [6.07, 6.45) is -0.349. The van der Waals surface area contributed by atoms with Gasteiger partial charge in [-0.15, -0.1) is 0 Å². The topological polar surface area (TPSA) is 49.8 Å². The van der Waals surface area contributed by atoms with E-state index in [0.29, 0.717) is 13.2 Å². The number of nitrogens with zero attached hydrogens (tertiary/aromatic N) is 1. The minimum absolute atomic E-state index is 0.0842. The first-order valence-electron chi connectivity index (χ1n) is 4.92. The molecule has 4 nitrogen and oxygen atoms in total. The number of rotatable bonds is 3. The van der Waals surface area contributed by atoms with Gasteiger partial charge in [0.25, 0.3) is 0 Å². The van der Waals surface area contributed by atoms with Gasteiger partial charge >= 0.3 is 6.09 Å². The summed E-state index contributed by atoms with van der Waals surface area (Å²) in [5.41, 5.74) is 0.929. The van der Waals surface area contributed by atoms with Crippen LogP contribution in [0, 0.1) is 0 Å². The Hall–Kier alpha value is -1.55. The SMILES string of the molecule is O=C1OCCN1[C@@H](CO)c1ccccc1. The Kier molecular flexibility index (Phi) is 2.87. The molecule has 0 aliphatic carbocycles. The zero-order chi connectivity index (χ0) is 10.7. The molecule has 0 spiro atoms. The van der Waals surface area contributed by atoms with Crippen LogP contribution in [0.15, 0.2) is 30.3 Å². The van der Waals surface area contributed by atoms with Crippen molar-refractivity contribution in [2.24, 2.45) is 0 Å². The van der Waals surface area contributed by atoms with Gasteiger partial charge in [-0.2, -0.15) is 0 Å². The van der Waals surface area contributed by atoms with Crippen LogP contribution in [0.4, 0.5) is 4.79 Å². The van der Waals surface area contributed by atoms with Crippen LogP contribution in [0.2, 0.25) is 0 Å². The summed E-state index contributed by atoms with van der Waals surface area (Å²) in [7, 11) is 0. The maximum atomic E-state index is 11.3. The number of cyclic esters (lactones) is 1. The van der Waals surface area contributed by atoms with E-state index in [-0.39, 0.29) is 18.7 Å². The summed E-state index contributed by atoms with van der Waals surface area (Å²) < 4.78 is 4.85. The van der Waals surface area contributed by atoms with Crippen LogP contribution >= 0.6 is 0 Å². The Morgan fingerprint density at radius 2 is 2.13 bits per heavy atom. The van der Waals surface area contributed by atoms with Crippen molar-refractivity contribution in [1.29, 1.82) is 0 Å². The van der Waals surface area contributed by atoms with Gasteiger partial charge in [-0.3, -0.25) is 4.90 Å². The fourth-order valence-electron chi connectivity index (χ4n) is 1.75. The number of aliphatic hydroxyl groups is 1. The zero-order valence-electron chi connectivity index (χ0n) is 8.30. The third kappa shape index (κ3) is 1.94. The van der Waals surface area contributed by atoms with Crippen molar-refractivity contribution < 1.29 is 14.6 Å². The molecule has 0 unspecified atom stereocenters. The van der Waals surface area contributed by atoms with Gasteiger partial charge in [0.1, 0.15) is 6.61 Å². The van der Waals surface area contributed by atoms with Gasteiger partial charge in [0, 0.05) is 0 Å². The first-order valence-corrected chi connectivity index (χ1v) is 4.92. The van der Waals surface area contributed by atoms with E-state index in [0.717, 1.165) is 5.56 Å². The van der Waals surface area contributed by atoms with Crippen molar-refractivity contribution in [3.05, 3.63) is 35.9 Å². The van der Waals surface area contributed by atoms with E-state index in [9.17, 15) is 9.90 Å². The summed E-state index contributed by atoms with van der Waals surface area (Å²) in [6, 6.07) is 9.18. The van der Waals surface area contributed by atoms with Crippen LogP contribution < -0.4 is 0 Å². The Balaban J connectivity index is 2.20. The molecule has 1 N–H and O–H groups in total. The molecule has 1 amide bonds. The Bertz CT molecular complexity index is 339. The second kappa shape index (κ2) is 4.31. The lowest BCUT2D eigenvalue weighted by Crippen LogP contribution is -2.31. The minimum Gasteiger partial charge on any atom is -0.448 e. The molecule has 1 saturated heterocycles. The van der Waals surface area contributed by atoms with Crippen LogP contribution in [0.25, 0.3) is 0 Å². The number of ether oxygens (including phenoxy) is 1. The number of carbonyl (C=O) groups excluding carboxylic acids is 1. The quantitative estimate of drug-likeness (QED) is 0.809. The van der Waals surface area contributed by atoms with Gasteiger partial charge in [0.2, 0.25) is 0 Å². The van der Waals surface area contributed by atoms with Gasteiger partial charge in [0.15, 0.2) is 0 Å². The summed E-state index contributed by atoms with van der Waals surface area (Å²) in [6.45, 7) is 0.861. The number of benzene rings is 1. The van der Waals surface area contributed by atoms with Gasteiger partial charge in [0.05, 0.1) is 19.2 Å². The van der Waals surface area contributed by atoms with E-state index in [2.05, 4.69) is 0 Å². The van der Waals surface area contributed by atoms with E-state index in [1.807, 2.05) is 30.3 Å². The standard InChI is InChI=1S/C11H13NO3/c13-8-10(9-4-2-1-3-5-9)12-6-7-15-11(12)14/h1-5,10,13H,6-8H2/t10-/m0/s1. The number of carbonyl (C=O) groups is 1. The van der Waals surface area contributed by atoms with E-state index < -0.39 is 0 Å². The molecule has 1 aliphatic heterocycles. The number of aliphatic hydroxyl groups excluding tert-OH is 1. The number of amides is 1. The van der Waals surface area contributed by atoms with Crippen molar-refractivity contribution in [3.63, 3.8) is 0 Å². The van der Waals surface area contributed by atoms with Crippen LogP contribution in [0.1, 0.15) is 11.6 Å². The maximum Gasteiger partial charge on any atom is 0.410 e. The highest BCUT2D eigenvalue weighted by Crippen LogP contribution is 2.22. The second-order valence-electron chi connectivity index (χ2n) is 3.42. The largest absolute Gasteiger partial charge is 0.448 e. The molecule has 0 aromatic heterocycles. The molecular weight excluding hydrogens is 194 g/mol. The fourth-order valence-corrected chi connectivity index (χ4v) is 1.75. The summed E-state index contributed by atoms with van der Waals surface area (Å²) in [5.74, 6) is 0. The molecule has 15 heavy (non-hydrogen) atoms. The summed E-state index contributed by atoms with van der Waals surface area (Å²) >= 11 is 0. The van der Waals surface area contributed by atoms with Gasteiger partial charge in [-0.05, 0) is 5.56 Å². The van der Waals surface area contributed by atoms with E-state index in [1.165, 1.54) is 0 Å². The molecule has 1 heterocycles. The molecule has 1 atom stereocenters. The van der Waals surface area contributed by atoms with Gasteiger partial charge < -0.3 is 9.84 Å². The van der Waals surface area contributed by atoms with Crippen LogP contribution in [0.3, 0.4) is 0 Å². The molecular formula is C11H13NO3. The van der Waals surface area contributed by atoms with Crippen molar-refractivity contribution >= 4 is 6.09 Å². The molecule has 1 aromatic carbocycles. The van der Waals surface area contributed by atoms with Gasteiger partial charge in [-0.1, -0.05) is 30.3 Å². The third-order valence-corrected chi connectivity index (χ3v) is 2.53. The average molecular weight is 207 g/mol. The maximum absolute atomic E-state index is 11.3. The zero-order valence-corrected chi connectivity index (χ0v) is 8.30. The molecule has 4 heteroatoms. The lowest BCUT2D eigenvalue weighted by Gasteiger charge is -2.23. The molecule has 1 fully saturated rings. The van der Waals surface area contributed by atoms with Crippen molar-refractivity contribution in [2.75, 3.05) is 19.8 Å². The highest BCUT2D eigenvalue weighted by molar-refractivity contribution is 5.70. The first kappa shape index (κ1) is 9.98. The molecule has 0 saturated carbocycles. The van der Waals surface area contributed by atoms with Crippen molar-refractivity contribution in [2.45, 2.75) is 6.04 Å². The van der Waals surface area contributed by atoms with Crippen molar-refractivity contribution in [1.82, 2.24) is 4.90 Å². The Labute approximate surface area is 88.1 Å². The first-order chi connectivity index (χ1) is 7.33. The molecule has 80 valence electrons. The smallest absolute Gasteiger partial charge is 0.410 e. The number of hydrogen-bond donors (Lipinski definition) is 1. The number of hydrogen-bond acceptors (Lipinski definition) is 3. The normalized spacial score (nSPS) is 17.7. The Morgan fingerprint density at radius 3 is 2.67 bits per heavy atom. The molecule has 0 radical (unpaired) electrons. The highest BCUT2D eigenvalue weighted by atomic mass is 16.6. The molecule has 0 bridgehead atoms. The highest BCUT2D eigenvalue weighted by Gasteiger charge is 2.29. The average Bonchev–Trinajstić information content (AvgIpc) is 2.68.